The maximum absolute atomic E-state index is 12.5. The number of aryl methyl sites for hydroxylation is 1. The second kappa shape index (κ2) is 8.76. The fraction of sp³-hybridized carbons (Fsp3) is 0.320. The van der Waals surface area contributed by atoms with Gasteiger partial charge in [0.2, 0.25) is 0 Å². The second-order valence-electron chi connectivity index (χ2n) is 8.06. The predicted octanol–water partition coefficient (Wildman–Crippen LogP) is 4.26. The number of aromatic nitrogens is 2. The molecule has 4 rings (SSSR count). The Morgan fingerprint density at radius 3 is 2.68 bits per heavy atom. The van der Waals surface area contributed by atoms with E-state index in [1.807, 2.05) is 16.9 Å². The molecule has 0 spiro atoms. The molecule has 1 atom stereocenters. The average Bonchev–Trinajstić information content (AvgIpc) is 3.19. The van der Waals surface area contributed by atoms with Crippen LogP contribution >= 0.6 is 0 Å². The number of ether oxygens (including phenoxy) is 1. The Bertz CT molecular complexity index is 1120. The summed E-state index contributed by atoms with van der Waals surface area (Å²) >= 11 is 0. The van der Waals surface area contributed by atoms with Gasteiger partial charge in [0.1, 0.15) is 5.75 Å². The van der Waals surface area contributed by atoms with Crippen molar-refractivity contribution >= 4 is 11.7 Å². The minimum absolute atomic E-state index is 0.00111. The number of carbonyl (C=O) groups excluding carboxylic acids is 2. The van der Waals surface area contributed by atoms with E-state index in [1.165, 1.54) is 18.1 Å². The van der Waals surface area contributed by atoms with Gasteiger partial charge in [-0.15, -0.1) is 0 Å². The fourth-order valence-electron chi connectivity index (χ4n) is 4.05. The van der Waals surface area contributed by atoms with Crippen molar-refractivity contribution < 1.29 is 14.3 Å². The van der Waals surface area contributed by atoms with Crippen molar-refractivity contribution in [1.82, 2.24) is 15.1 Å². The van der Waals surface area contributed by atoms with Gasteiger partial charge >= 0.3 is 0 Å². The van der Waals surface area contributed by atoms with Crippen LogP contribution in [0.5, 0.6) is 5.75 Å². The van der Waals surface area contributed by atoms with E-state index in [0.29, 0.717) is 11.3 Å². The third kappa shape index (κ3) is 4.38. The van der Waals surface area contributed by atoms with E-state index >= 15 is 0 Å². The van der Waals surface area contributed by atoms with Crippen LogP contribution in [0.25, 0.3) is 5.69 Å². The zero-order valence-electron chi connectivity index (χ0n) is 18.1. The first-order valence-electron chi connectivity index (χ1n) is 10.6. The Morgan fingerprint density at radius 2 is 1.94 bits per heavy atom. The number of fused-ring (bicyclic) bond motifs is 1. The summed E-state index contributed by atoms with van der Waals surface area (Å²) in [5.74, 6) is 0.388. The van der Waals surface area contributed by atoms with E-state index in [9.17, 15) is 9.59 Å². The highest BCUT2D eigenvalue weighted by atomic mass is 16.5. The summed E-state index contributed by atoms with van der Waals surface area (Å²) < 4.78 is 7.61. The summed E-state index contributed by atoms with van der Waals surface area (Å²) in [5, 5.41) is 7.74. The zero-order valence-corrected chi connectivity index (χ0v) is 18.1. The van der Waals surface area contributed by atoms with E-state index in [1.54, 1.807) is 24.3 Å². The molecular formula is C25H27N3O3. The highest BCUT2D eigenvalue weighted by molar-refractivity contribution is 5.94. The lowest BCUT2D eigenvalue weighted by molar-refractivity contribution is -0.124. The summed E-state index contributed by atoms with van der Waals surface area (Å²) in [7, 11) is 0. The molecule has 6 heteroatoms. The molecule has 6 nitrogen and oxygen atoms in total. The van der Waals surface area contributed by atoms with Crippen LogP contribution in [0.3, 0.4) is 0 Å². The topological polar surface area (TPSA) is 73.2 Å². The summed E-state index contributed by atoms with van der Waals surface area (Å²) in [6.45, 7) is 5.66. The molecule has 1 aliphatic rings. The maximum Gasteiger partial charge on any atom is 0.258 e. The number of benzene rings is 2. The number of amides is 1. The Morgan fingerprint density at radius 1 is 1.16 bits per heavy atom. The van der Waals surface area contributed by atoms with Crippen LogP contribution in [0.4, 0.5) is 0 Å². The predicted molar refractivity (Wildman–Crippen MR) is 119 cm³/mol. The van der Waals surface area contributed by atoms with Gasteiger partial charge < -0.3 is 10.1 Å². The van der Waals surface area contributed by atoms with Crippen molar-refractivity contribution in [1.29, 1.82) is 0 Å². The number of ketones is 1. The third-order valence-corrected chi connectivity index (χ3v) is 5.95. The summed E-state index contributed by atoms with van der Waals surface area (Å²) in [4.78, 5) is 23.9. The van der Waals surface area contributed by atoms with Crippen LogP contribution < -0.4 is 10.1 Å². The smallest absolute Gasteiger partial charge is 0.258 e. The number of hydrogen-bond donors (Lipinski definition) is 1. The monoisotopic (exact) mass is 417 g/mol. The molecule has 1 heterocycles. The molecule has 1 N–H and O–H groups in total. The van der Waals surface area contributed by atoms with Crippen molar-refractivity contribution in [2.75, 3.05) is 6.61 Å². The molecule has 0 aliphatic heterocycles. The molecule has 0 fully saturated rings. The summed E-state index contributed by atoms with van der Waals surface area (Å²) in [5.41, 5.74) is 6.38. The molecule has 0 saturated heterocycles. The largest absolute Gasteiger partial charge is 0.484 e. The van der Waals surface area contributed by atoms with Gasteiger partial charge in [-0.3, -0.25) is 9.59 Å². The van der Waals surface area contributed by atoms with E-state index in [0.717, 1.165) is 36.2 Å². The Kier molecular flexibility index (Phi) is 5.89. The first-order chi connectivity index (χ1) is 14.9. The first kappa shape index (κ1) is 20.8. The van der Waals surface area contributed by atoms with Gasteiger partial charge in [-0.2, -0.15) is 5.10 Å². The Balaban J connectivity index is 1.44. The van der Waals surface area contributed by atoms with Crippen molar-refractivity contribution in [3.63, 3.8) is 0 Å². The van der Waals surface area contributed by atoms with Gasteiger partial charge in [-0.25, -0.2) is 4.68 Å². The highest BCUT2D eigenvalue weighted by Crippen LogP contribution is 2.32. The molecular weight excluding hydrogens is 390 g/mol. The Hall–Kier alpha value is -3.41. The molecule has 2 aromatic carbocycles. The molecule has 1 aliphatic carbocycles. The zero-order chi connectivity index (χ0) is 22.0. The molecule has 31 heavy (non-hydrogen) atoms. The van der Waals surface area contributed by atoms with E-state index in [2.05, 4.69) is 36.4 Å². The number of rotatable bonds is 6. The standard InChI is InChI=1S/C25H27N3O3/c1-16-6-4-8-23(17(16)2)28-24-9-5-7-22(21(24)14-26-28)27-25(30)15-31-20-12-10-19(11-13-20)18(3)29/h4,6,8,10-14,22H,5,7,9,15H2,1-3H3,(H,27,30)/t22-/m0/s1. The van der Waals surface area contributed by atoms with Crippen molar-refractivity contribution in [2.45, 2.75) is 46.1 Å². The van der Waals surface area contributed by atoms with Crippen LogP contribution in [0, 0.1) is 13.8 Å². The van der Waals surface area contributed by atoms with Crippen molar-refractivity contribution in [3.8, 4) is 11.4 Å². The number of nitrogens with zero attached hydrogens (tertiary/aromatic N) is 2. The molecule has 1 aromatic heterocycles. The van der Waals surface area contributed by atoms with E-state index < -0.39 is 0 Å². The molecule has 0 saturated carbocycles. The van der Waals surface area contributed by atoms with E-state index in [4.69, 9.17) is 4.74 Å². The number of hydrogen-bond acceptors (Lipinski definition) is 4. The molecule has 0 bridgehead atoms. The lowest BCUT2D eigenvalue weighted by atomic mass is 9.92. The van der Waals surface area contributed by atoms with Crippen LogP contribution in [0.1, 0.15) is 58.5 Å². The van der Waals surface area contributed by atoms with Crippen molar-refractivity contribution in [2.24, 2.45) is 0 Å². The van der Waals surface area contributed by atoms with Gasteiger partial charge in [0, 0.05) is 16.8 Å². The van der Waals surface area contributed by atoms with Crippen LogP contribution in [-0.2, 0) is 11.2 Å². The van der Waals surface area contributed by atoms with Gasteiger partial charge in [0.05, 0.1) is 17.9 Å². The lowest BCUT2D eigenvalue weighted by Crippen LogP contribution is -2.34. The van der Waals surface area contributed by atoms with Gasteiger partial charge in [0.15, 0.2) is 12.4 Å². The van der Waals surface area contributed by atoms with Gasteiger partial charge in [0.25, 0.3) is 5.91 Å². The molecule has 0 radical (unpaired) electrons. The number of Topliss-reactive ketones (excluding diaryl/α,β-unsaturated/α-hetero) is 1. The molecule has 1 amide bonds. The quantitative estimate of drug-likeness (QED) is 0.608. The summed E-state index contributed by atoms with van der Waals surface area (Å²) in [6, 6.07) is 13.0. The molecule has 0 unspecified atom stereocenters. The SMILES string of the molecule is CC(=O)c1ccc(OCC(=O)N[C@H]2CCCc3c2cnn3-c2cccc(C)c2C)cc1. The molecule has 160 valence electrons. The second-order valence-corrected chi connectivity index (χ2v) is 8.06. The van der Waals surface area contributed by atoms with E-state index in [-0.39, 0.29) is 24.3 Å². The van der Waals surface area contributed by atoms with Crippen LogP contribution in [0.15, 0.2) is 48.7 Å². The first-order valence-corrected chi connectivity index (χ1v) is 10.6. The minimum atomic E-state index is -0.173. The Labute approximate surface area is 182 Å². The van der Waals surface area contributed by atoms with Crippen molar-refractivity contribution in [3.05, 3.63) is 76.6 Å². The number of nitrogens with one attached hydrogen (secondary N) is 1. The number of carbonyl (C=O) groups is 2. The lowest BCUT2D eigenvalue weighted by Gasteiger charge is -2.24. The van der Waals surface area contributed by atoms with Gasteiger partial charge in [-0.05, 0) is 81.5 Å². The minimum Gasteiger partial charge on any atom is -0.484 e. The summed E-state index contributed by atoms with van der Waals surface area (Å²) in [6.07, 6.45) is 4.68. The molecule has 3 aromatic rings. The highest BCUT2D eigenvalue weighted by Gasteiger charge is 2.26. The van der Waals surface area contributed by atoms with Crippen LogP contribution in [0.2, 0.25) is 0 Å². The maximum atomic E-state index is 12.5. The van der Waals surface area contributed by atoms with Gasteiger partial charge in [-0.1, -0.05) is 12.1 Å². The third-order valence-electron chi connectivity index (χ3n) is 5.95. The fourth-order valence-corrected chi connectivity index (χ4v) is 4.05. The normalized spacial score (nSPS) is 15.3. The average molecular weight is 418 g/mol. The van der Waals surface area contributed by atoms with Crippen LogP contribution in [-0.4, -0.2) is 28.1 Å².